The number of aromatic nitrogens is 2. The molecule has 2 heterocycles. The fraction of sp³-hybridized carbons (Fsp3) is 0.812. The molecule has 0 spiro atoms. The molecule has 1 aliphatic carbocycles. The van der Waals surface area contributed by atoms with Gasteiger partial charge in [0.05, 0.1) is 11.7 Å². The molecule has 3 rings (SSSR count). The largest absolute Gasteiger partial charge is 0.344 e. The van der Waals surface area contributed by atoms with Gasteiger partial charge in [0.15, 0.2) is 0 Å². The number of aryl methyl sites for hydroxylation is 1. The summed E-state index contributed by atoms with van der Waals surface area (Å²) in [5.74, 6) is 0.979. The number of aromatic amines is 1. The molecule has 1 aliphatic heterocycles. The second-order valence-corrected chi connectivity index (χ2v) is 7.36. The molecule has 1 aromatic rings. The highest BCUT2D eigenvalue weighted by Gasteiger charge is 2.30. The van der Waals surface area contributed by atoms with Crippen molar-refractivity contribution in [2.75, 3.05) is 39.8 Å². The molecule has 124 valence electrons. The number of hydrogen-bond donors (Lipinski definition) is 2. The Morgan fingerprint density at radius 2 is 1.95 bits per heavy atom. The van der Waals surface area contributed by atoms with Crippen LogP contribution in [0, 0.1) is 6.92 Å². The van der Waals surface area contributed by atoms with Gasteiger partial charge in [0.1, 0.15) is 10.4 Å². The lowest BCUT2D eigenvalue weighted by Gasteiger charge is -2.41. The summed E-state index contributed by atoms with van der Waals surface area (Å²) in [7, 11) is 2.03. The molecule has 0 amide bonds. The smallest absolute Gasteiger partial charge is 0.129 e. The van der Waals surface area contributed by atoms with Crippen LogP contribution < -0.4 is 5.32 Å². The third-order valence-corrected chi connectivity index (χ3v) is 5.77. The van der Waals surface area contributed by atoms with E-state index in [0.29, 0.717) is 6.04 Å². The van der Waals surface area contributed by atoms with Crippen molar-refractivity contribution in [1.29, 1.82) is 0 Å². The van der Waals surface area contributed by atoms with Gasteiger partial charge in [-0.3, -0.25) is 9.80 Å². The Bertz CT molecular complexity index is 475. The number of imidazole rings is 1. The first kappa shape index (κ1) is 16.4. The van der Waals surface area contributed by atoms with Crippen molar-refractivity contribution >= 4 is 15.9 Å². The topological polar surface area (TPSA) is 47.2 Å². The van der Waals surface area contributed by atoms with Crippen LogP contribution in [0.3, 0.4) is 0 Å². The third kappa shape index (κ3) is 3.55. The van der Waals surface area contributed by atoms with Crippen molar-refractivity contribution in [3.63, 3.8) is 0 Å². The number of H-pyrrole nitrogens is 1. The van der Waals surface area contributed by atoms with Crippen molar-refractivity contribution in [3.05, 3.63) is 16.1 Å². The van der Waals surface area contributed by atoms with E-state index in [1.54, 1.807) is 0 Å². The van der Waals surface area contributed by atoms with Crippen molar-refractivity contribution in [1.82, 2.24) is 25.1 Å². The van der Waals surface area contributed by atoms with Crippen LogP contribution in [0.1, 0.15) is 43.2 Å². The lowest BCUT2D eigenvalue weighted by molar-refractivity contribution is 0.0689. The summed E-state index contributed by atoms with van der Waals surface area (Å²) in [6.07, 6.45) is 5.66. The summed E-state index contributed by atoms with van der Waals surface area (Å²) < 4.78 is 0.962. The first-order valence-electron chi connectivity index (χ1n) is 8.53. The molecule has 1 unspecified atom stereocenters. The molecular weight excluding hydrogens is 342 g/mol. The average Bonchev–Trinajstić information content (AvgIpc) is 3.15. The second kappa shape index (κ2) is 7.43. The molecule has 0 bridgehead atoms. The number of nitrogens with one attached hydrogen (secondary N) is 2. The molecule has 0 radical (unpaired) electrons. The van der Waals surface area contributed by atoms with Gasteiger partial charge >= 0.3 is 0 Å². The molecule has 22 heavy (non-hydrogen) atoms. The van der Waals surface area contributed by atoms with Gasteiger partial charge in [-0.15, -0.1) is 0 Å². The fourth-order valence-electron chi connectivity index (χ4n) is 3.99. The summed E-state index contributed by atoms with van der Waals surface area (Å²) in [5.41, 5.74) is 1.21. The monoisotopic (exact) mass is 369 g/mol. The Morgan fingerprint density at radius 1 is 1.27 bits per heavy atom. The summed E-state index contributed by atoms with van der Waals surface area (Å²) >= 11 is 3.61. The zero-order valence-electron chi connectivity index (χ0n) is 13.7. The minimum Gasteiger partial charge on any atom is -0.344 e. The Morgan fingerprint density at radius 3 is 2.50 bits per heavy atom. The van der Waals surface area contributed by atoms with Gasteiger partial charge in [0.25, 0.3) is 0 Å². The summed E-state index contributed by atoms with van der Waals surface area (Å²) in [6.45, 7) is 7.67. The normalized spacial score (nSPS) is 23.2. The van der Waals surface area contributed by atoms with Crippen molar-refractivity contribution < 1.29 is 0 Å². The third-order valence-electron chi connectivity index (χ3n) is 5.17. The van der Waals surface area contributed by atoms with E-state index in [9.17, 15) is 0 Å². The van der Waals surface area contributed by atoms with E-state index in [2.05, 4.69) is 41.0 Å². The van der Waals surface area contributed by atoms with Crippen LogP contribution >= 0.6 is 15.9 Å². The van der Waals surface area contributed by atoms with E-state index < -0.39 is 0 Å². The first-order valence-corrected chi connectivity index (χ1v) is 9.33. The number of piperazine rings is 1. The fourth-order valence-corrected chi connectivity index (χ4v) is 4.62. The van der Waals surface area contributed by atoms with Crippen molar-refractivity contribution in [2.24, 2.45) is 0 Å². The minimum absolute atomic E-state index is 0.367. The van der Waals surface area contributed by atoms with E-state index in [-0.39, 0.29) is 0 Å². The van der Waals surface area contributed by atoms with E-state index in [1.807, 2.05) is 14.0 Å². The highest BCUT2D eigenvalue weighted by molar-refractivity contribution is 9.10. The molecule has 2 aliphatic rings. The minimum atomic E-state index is 0.367. The predicted molar refractivity (Wildman–Crippen MR) is 93.1 cm³/mol. The van der Waals surface area contributed by atoms with Crippen LogP contribution in [0.25, 0.3) is 0 Å². The summed E-state index contributed by atoms with van der Waals surface area (Å²) in [5, 5.41) is 3.34. The molecule has 1 saturated heterocycles. The lowest BCUT2D eigenvalue weighted by Crippen LogP contribution is -2.51. The highest BCUT2D eigenvalue weighted by atomic mass is 79.9. The van der Waals surface area contributed by atoms with Crippen LogP contribution in [0.4, 0.5) is 0 Å². The van der Waals surface area contributed by atoms with E-state index in [0.717, 1.165) is 36.1 Å². The van der Waals surface area contributed by atoms with Gasteiger partial charge in [0, 0.05) is 38.8 Å². The average molecular weight is 370 g/mol. The number of halogens is 1. The highest BCUT2D eigenvalue weighted by Crippen LogP contribution is 2.29. The zero-order chi connectivity index (χ0) is 15.5. The second-order valence-electron chi connectivity index (χ2n) is 6.61. The summed E-state index contributed by atoms with van der Waals surface area (Å²) in [4.78, 5) is 13.2. The maximum absolute atomic E-state index is 4.48. The Balaban J connectivity index is 1.64. The number of nitrogens with zero attached hydrogens (tertiary/aromatic N) is 3. The number of likely N-dealkylation sites (N-methyl/N-ethyl adjacent to an activating group) is 1. The standard InChI is InChI=1S/C16H28BrN5/c1-12-19-15(16(17)20-12)14(11-18-2)22-9-7-21(8-10-22)13-5-3-4-6-13/h13-14,18H,3-11H2,1-2H3,(H,19,20). The van der Waals surface area contributed by atoms with Gasteiger partial charge in [0.2, 0.25) is 0 Å². The van der Waals surface area contributed by atoms with E-state index >= 15 is 0 Å². The molecule has 1 saturated carbocycles. The molecule has 2 N–H and O–H groups in total. The molecule has 1 aromatic heterocycles. The van der Waals surface area contributed by atoms with Crippen LogP contribution in [0.15, 0.2) is 4.60 Å². The zero-order valence-corrected chi connectivity index (χ0v) is 15.3. The van der Waals surface area contributed by atoms with Crippen LogP contribution in [-0.2, 0) is 0 Å². The molecule has 5 nitrogen and oxygen atoms in total. The van der Waals surface area contributed by atoms with Gasteiger partial charge in [-0.2, -0.15) is 0 Å². The molecule has 1 atom stereocenters. The molecular formula is C16H28BrN5. The quantitative estimate of drug-likeness (QED) is 0.835. The van der Waals surface area contributed by atoms with Gasteiger partial charge in [-0.05, 0) is 42.7 Å². The van der Waals surface area contributed by atoms with Gasteiger partial charge < -0.3 is 10.3 Å². The molecule has 6 heteroatoms. The van der Waals surface area contributed by atoms with Gasteiger partial charge in [-0.1, -0.05) is 12.8 Å². The summed E-state index contributed by atoms with van der Waals surface area (Å²) in [6, 6.07) is 1.22. The van der Waals surface area contributed by atoms with Crippen LogP contribution in [0.2, 0.25) is 0 Å². The first-order chi connectivity index (χ1) is 10.7. The Hall–Kier alpha value is -0.430. The van der Waals surface area contributed by atoms with Crippen molar-refractivity contribution in [3.8, 4) is 0 Å². The Kier molecular flexibility index (Phi) is 5.55. The maximum Gasteiger partial charge on any atom is 0.129 e. The number of rotatable bonds is 5. The Labute approximate surface area is 142 Å². The molecule has 0 aromatic carbocycles. The van der Waals surface area contributed by atoms with E-state index in [1.165, 1.54) is 44.5 Å². The van der Waals surface area contributed by atoms with Crippen LogP contribution in [-0.4, -0.2) is 65.6 Å². The van der Waals surface area contributed by atoms with E-state index in [4.69, 9.17) is 0 Å². The molecule has 2 fully saturated rings. The van der Waals surface area contributed by atoms with Gasteiger partial charge in [-0.25, -0.2) is 4.98 Å². The van der Waals surface area contributed by atoms with Crippen LogP contribution in [0.5, 0.6) is 0 Å². The lowest BCUT2D eigenvalue weighted by atomic mass is 10.1. The SMILES string of the molecule is CNCC(c1[nH]c(C)nc1Br)N1CCN(C2CCCC2)CC1. The maximum atomic E-state index is 4.48. The predicted octanol–water partition coefficient (Wildman–Crippen LogP) is 2.30. The van der Waals surface area contributed by atoms with Crippen molar-refractivity contribution in [2.45, 2.75) is 44.7 Å². The number of hydrogen-bond acceptors (Lipinski definition) is 4.